The van der Waals surface area contributed by atoms with Crippen molar-refractivity contribution in [2.24, 2.45) is 14.1 Å². The van der Waals surface area contributed by atoms with Crippen LogP contribution in [0.25, 0.3) is 34.4 Å². The fourth-order valence-corrected chi connectivity index (χ4v) is 10.2. The molecule has 20 nitrogen and oxygen atoms in total. The highest BCUT2D eigenvalue weighted by molar-refractivity contribution is 7.90. The molecule has 0 fully saturated rings. The Balaban J connectivity index is 0.000000211. The molecule has 2 N–H and O–H groups in total. The van der Waals surface area contributed by atoms with Crippen LogP contribution in [0, 0.1) is 23.3 Å². The molecular formula is C46H46F4N10O10S2. The Kier molecular flexibility index (Phi) is 15.8. The number of methoxy groups -OCH3 is 4. The van der Waals surface area contributed by atoms with E-state index in [4.69, 9.17) is 18.9 Å². The maximum Gasteiger partial charge on any atom is 0.189 e. The van der Waals surface area contributed by atoms with E-state index < -0.39 is 78.2 Å². The molecule has 2 atom stereocenters. The predicted octanol–water partition coefficient (Wildman–Crippen LogP) is 5.22. The third-order valence-electron chi connectivity index (χ3n) is 10.8. The van der Waals surface area contributed by atoms with Crippen molar-refractivity contribution in [2.45, 2.75) is 23.7 Å². The highest BCUT2D eigenvalue weighted by Gasteiger charge is 2.31. The number of ether oxygens (including phenoxy) is 4. The molecule has 0 spiro atoms. The number of rotatable bonds is 18. The van der Waals surface area contributed by atoms with Crippen molar-refractivity contribution in [1.29, 1.82) is 0 Å². The molecule has 0 amide bonds. The average molecular weight is 1040 g/mol. The van der Waals surface area contributed by atoms with Crippen molar-refractivity contribution >= 4 is 19.7 Å². The topological polar surface area (TPSA) is 243 Å². The molecule has 0 radical (unpaired) electrons. The Hall–Kier alpha value is -7.68. The number of hydrogen-bond acceptors (Lipinski definition) is 16. The minimum Gasteiger partial charge on any atom is -0.494 e. The first-order valence-corrected chi connectivity index (χ1v) is 24.9. The first-order valence-electron chi connectivity index (χ1n) is 21.2. The van der Waals surface area contributed by atoms with Gasteiger partial charge < -0.3 is 29.2 Å². The van der Waals surface area contributed by atoms with Crippen LogP contribution in [0.4, 0.5) is 17.6 Å². The van der Waals surface area contributed by atoms with Crippen LogP contribution >= 0.6 is 0 Å². The first-order chi connectivity index (χ1) is 34.3. The molecular weight excluding hydrogens is 993 g/mol. The van der Waals surface area contributed by atoms with E-state index in [0.717, 1.165) is 24.3 Å². The molecule has 4 heterocycles. The second-order valence-electron chi connectivity index (χ2n) is 15.8. The van der Waals surface area contributed by atoms with Crippen molar-refractivity contribution < 1.29 is 63.6 Å². The Morgan fingerprint density at radius 1 is 0.528 bits per heavy atom. The smallest absolute Gasteiger partial charge is 0.189 e. The van der Waals surface area contributed by atoms with E-state index in [0.29, 0.717) is 57.9 Å². The standard InChI is InChI=1S/2C23H23F2N5O5S/c2*1-29-10-9-17(28-29)23-27-26-21(30(23)22-19(34-2)5-4-6-20(22)35-3)13-36(32,33)12-18(31)15-8-7-14(24)11-16(15)25/h2*4-11,18,31H,12-13H2,1-3H3/t2*18-/m10/s1. The summed E-state index contributed by atoms with van der Waals surface area (Å²) in [5.74, 6) is -4.86. The van der Waals surface area contributed by atoms with Gasteiger partial charge in [0, 0.05) is 49.7 Å². The van der Waals surface area contributed by atoms with E-state index in [2.05, 4.69) is 30.6 Å². The number of nitrogens with zero attached hydrogens (tertiary/aromatic N) is 10. The van der Waals surface area contributed by atoms with Gasteiger partial charge in [-0.1, -0.05) is 24.3 Å². The third-order valence-corrected chi connectivity index (χ3v) is 13.8. The van der Waals surface area contributed by atoms with Gasteiger partial charge in [-0.2, -0.15) is 10.2 Å². The van der Waals surface area contributed by atoms with Gasteiger partial charge in [-0.05, 0) is 48.5 Å². The largest absolute Gasteiger partial charge is 0.494 e. The van der Waals surface area contributed by atoms with Gasteiger partial charge in [-0.25, -0.2) is 34.4 Å². The molecule has 0 unspecified atom stereocenters. The Morgan fingerprint density at radius 3 is 1.17 bits per heavy atom. The monoisotopic (exact) mass is 1040 g/mol. The van der Waals surface area contributed by atoms with Crippen molar-refractivity contribution in [1.82, 2.24) is 49.1 Å². The second-order valence-corrected chi connectivity index (χ2v) is 20.0. The van der Waals surface area contributed by atoms with Crippen LogP contribution in [0.15, 0.2) is 97.3 Å². The van der Waals surface area contributed by atoms with E-state index in [1.54, 1.807) is 84.4 Å². The third kappa shape index (κ3) is 11.6. The van der Waals surface area contributed by atoms with Gasteiger partial charge in [-0.3, -0.25) is 18.5 Å². The number of sulfone groups is 2. The predicted molar refractivity (Wildman–Crippen MR) is 251 cm³/mol. The second kappa shape index (κ2) is 21.8. The number of aryl methyl sites for hydroxylation is 2. The van der Waals surface area contributed by atoms with E-state index >= 15 is 0 Å². The molecule has 4 aromatic heterocycles. The van der Waals surface area contributed by atoms with Crippen molar-refractivity contribution in [3.63, 3.8) is 0 Å². The number of aliphatic hydroxyl groups is 2. The van der Waals surface area contributed by atoms with Crippen molar-refractivity contribution in [2.75, 3.05) is 39.9 Å². The first kappa shape index (κ1) is 52.2. The highest BCUT2D eigenvalue weighted by atomic mass is 32.2. The summed E-state index contributed by atoms with van der Waals surface area (Å²) in [7, 11) is 1.07. The van der Waals surface area contributed by atoms with Gasteiger partial charge in [0.2, 0.25) is 0 Å². The Morgan fingerprint density at radius 2 is 0.875 bits per heavy atom. The minimum atomic E-state index is -4.08. The zero-order valence-electron chi connectivity index (χ0n) is 39.2. The van der Waals surface area contributed by atoms with Crippen LogP contribution in [0.1, 0.15) is 35.0 Å². The molecule has 0 saturated heterocycles. The fourth-order valence-electron chi connectivity index (χ4n) is 7.51. The zero-order valence-corrected chi connectivity index (χ0v) is 40.8. The van der Waals surface area contributed by atoms with Crippen LogP contribution in [0.3, 0.4) is 0 Å². The lowest BCUT2D eigenvalue weighted by Crippen LogP contribution is -2.19. The van der Waals surface area contributed by atoms with E-state index in [9.17, 15) is 44.6 Å². The lowest BCUT2D eigenvalue weighted by molar-refractivity contribution is 0.195. The number of aromatic nitrogens is 10. The maximum atomic E-state index is 14.1. The summed E-state index contributed by atoms with van der Waals surface area (Å²) in [6, 6.07) is 18.5. The zero-order chi connectivity index (χ0) is 52.1. The Labute approximate surface area is 409 Å². The lowest BCUT2D eigenvalue weighted by Gasteiger charge is -2.17. The molecule has 8 aromatic rings. The number of halogens is 4. The van der Waals surface area contributed by atoms with Crippen LogP contribution in [0.5, 0.6) is 23.0 Å². The number of aliphatic hydroxyl groups excluding tert-OH is 2. The highest BCUT2D eigenvalue weighted by Crippen LogP contribution is 2.38. The normalized spacial score (nSPS) is 12.5. The van der Waals surface area contributed by atoms with Gasteiger partial charge in [0.15, 0.2) is 43.0 Å². The number of para-hydroxylation sites is 2. The van der Waals surface area contributed by atoms with Crippen molar-refractivity contribution in [3.05, 3.63) is 143 Å². The summed E-state index contributed by atoms with van der Waals surface area (Å²) >= 11 is 0. The molecule has 8 rings (SSSR count). The summed E-state index contributed by atoms with van der Waals surface area (Å²) in [5.41, 5.74) is 0.862. The summed E-state index contributed by atoms with van der Waals surface area (Å²) in [6.07, 6.45) is -0.0543. The molecule has 72 heavy (non-hydrogen) atoms. The van der Waals surface area contributed by atoms with Gasteiger partial charge >= 0.3 is 0 Å². The maximum absolute atomic E-state index is 14.1. The van der Waals surface area contributed by atoms with Crippen LogP contribution in [0.2, 0.25) is 0 Å². The summed E-state index contributed by atoms with van der Waals surface area (Å²) in [4.78, 5) is 0. The molecule has 26 heteroatoms. The number of hydrogen-bond donors (Lipinski definition) is 2. The minimum absolute atomic E-state index is 0.00905. The molecule has 0 bridgehead atoms. The van der Waals surface area contributed by atoms with E-state index in [-0.39, 0.29) is 34.4 Å². The summed E-state index contributed by atoms with van der Waals surface area (Å²) < 4.78 is 135. The molecule has 0 aliphatic carbocycles. The number of benzene rings is 4. The van der Waals surface area contributed by atoms with Crippen LogP contribution in [-0.2, 0) is 45.3 Å². The molecule has 0 saturated carbocycles. The van der Waals surface area contributed by atoms with Gasteiger partial charge in [0.25, 0.3) is 0 Å². The molecule has 4 aromatic carbocycles. The SMILES string of the molecule is COc1cccc(OC)c1-n1c(CS(=O)(=O)C[C@@H](O)c2ccc(F)cc2F)nnc1-c1ccn(C)n1.COc1cccc(OC)c1-n1c(CS(=O)(=O)C[C@H](O)c2ccc(F)cc2F)nnc1-c1ccn(C)n1. The van der Waals surface area contributed by atoms with Crippen LogP contribution in [-0.4, -0.2) is 116 Å². The van der Waals surface area contributed by atoms with Gasteiger partial charge in [0.1, 0.15) is 80.5 Å². The molecule has 380 valence electrons. The molecule has 0 aliphatic heterocycles. The van der Waals surface area contributed by atoms with Crippen LogP contribution < -0.4 is 18.9 Å². The van der Waals surface area contributed by atoms with E-state index in [1.807, 2.05) is 0 Å². The van der Waals surface area contributed by atoms with Crippen molar-refractivity contribution in [3.8, 4) is 57.4 Å². The fraction of sp³-hybridized carbons (Fsp3) is 0.261. The lowest BCUT2D eigenvalue weighted by atomic mass is 10.1. The van der Waals surface area contributed by atoms with Gasteiger partial charge in [0.05, 0.1) is 52.2 Å². The van der Waals surface area contributed by atoms with E-state index in [1.165, 1.54) is 37.6 Å². The van der Waals surface area contributed by atoms with Gasteiger partial charge in [-0.15, -0.1) is 20.4 Å². The summed E-state index contributed by atoms with van der Waals surface area (Å²) in [6.45, 7) is 0. The quantitative estimate of drug-likeness (QED) is 0.105. The Bertz CT molecular complexity index is 3190. The summed E-state index contributed by atoms with van der Waals surface area (Å²) in [5, 5.41) is 46.0. The average Bonchev–Trinajstić information content (AvgIpc) is 4.15. The molecule has 0 aliphatic rings.